The van der Waals surface area contributed by atoms with Gasteiger partial charge in [0.15, 0.2) is 0 Å². The molecule has 5 fully saturated rings. The largest absolute Gasteiger partial charge is 0.354 e. The number of anilines is 2. The zero-order chi connectivity index (χ0) is 39.1. The molecular formula is C38H54ClF2N9O4S. The van der Waals surface area contributed by atoms with Crippen LogP contribution < -0.4 is 32.3 Å². The molecule has 2 aliphatic carbocycles. The average Bonchev–Trinajstić information content (AvgIpc) is 3.92. The van der Waals surface area contributed by atoms with Crippen LogP contribution in [-0.2, 0) is 25.5 Å². The minimum atomic E-state index is -3.84. The van der Waals surface area contributed by atoms with E-state index in [1.54, 1.807) is 21.9 Å². The van der Waals surface area contributed by atoms with E-state index in [4.69, 9.17) is 28.8 Å². The Bertz CT molecular complexity index is 1800. The van der Waals surface area contributed by atoms with Crippen molar-refractivity contribution < 1.29 is 26.8 Å². The Hall–Kier alpha value is -2.99. The number of alkyl halides is 2. The predicted molar refractivity (Wildman–Crippen MR) is 207 cm³/mol. The highest BCUT2D eigenvalue weighted by Gasteiger charge is 2.45. The van der Waals surface area contributed by atoms with E-state index in [1.165, 1.54) is 28.6 Å². The molecule has 5 aliphatic rings. The summed E-state index contributed by atoms with van der Waals surface area (Å²) in [6.07, 6.45) is 4.25. The quantitative estimate of drug-likeness (QED) is 0.247. The van der Waals surface area contributed by atoms with Crippen molar-refractivity contribution in [1.29, 1.82) is 0 Å². The molecule has 4 heterocycles. The zero-order valence-electron chi connectivity index (χ0n) is 31.2. The van der Waals surface area contributed by atoms with Crippen molar-refractivity contribution in [3.8, 4) is 0 Å². The molecule has 302 valence electrons. The van der Waals surface area contributed by atoms with Gasteiger partial charge in [-0.1, -0.05) is 11.6 Å². The number of nitrogens with one attached hydrogen (secondary N) is 1. The van der Waals surface area contributed by atoms with Crippen LogP contribution in [0.25, 0.3) is 0 Å². The van der Waals surface area contributed by atoms with E-state index in [0.717, 1.165) is 32.4 Å². The first-order valence-electron chi connectivity index (χ1n) is 19.7. The first kappa shape index (κ1) is 40.2. The Morgan fingerprint density at radius 1 is 0.927 bits per heavy atom. The van der Waals surface area contributed by atoms with E-state index >= 15 is 8.78 Å². The number of halogens is 3. The molecule has 0 spiro atoms. The van der Waals surface area contributed by atoms with Gasteiger partial charge in [-0.15, -0.1) is 0 Å². The summed E-state index contributed by atoms with van der Waals surface area (Å²) in [7, 11) is -3.84. The van der Waals surface area contributed by atoms with Crippen molar-refractivity contribution in [2.24, 2.45) is 40.9 Å². The van der Waals surface area contributed by atoms with Crippen molar-refractivity contribution in [2.75, 3.05) is 68.7 Å². The summed E-state index contributed by atoms with van der Waals surface area (Å²) in [4.78, 5) is 35.7. The Morgan fingerprint density at radius 2 is 1.58 bits per heavy atom. The summed E-state index contributed by atoms with van der Waals surface area (Å²) in [5, 5.41) is 3.17. The fourth-order valence-corrected chi connectivity index (χ4v) is 11.1. The van der Waals surface area contributed by atoms with Gasteiger partial charge in [0.2, 0.25) is 21.8 Å². The van der Waals surface area contributed by atoms with E-state index in [2.05, 4.69) is 15.2 Å². The number of likely N-dealkylation sites (tertiary alicyclic amines) is 1. The van der Waals surface area contributed by atoms with Crippen molar-refractivity contribution >= 4 is 44.9 Å². The molecule has 0 bridgehead atoms. The third kappa shape index (κ3) is 8.51. The number of carbonyl (C=O) groups is 2. The maximum atomic E-state index is 16.2. The number of hydrogen-bond donors (Lipinski definition) is 4. The normalized spacial score (nSPS) is 30.0. The van der Waals surface area contributed by atoms with Gasteiger partial charge in [0.05, 0.1) is 4.90 Å². The maximum absolute atomic E-state index is 16.2. The average molecular weight is 806 g/mol. The second-order valence-electron chi connectivity index (χ2n) is 16.2. The number of hydrogen-bond acceptors (Lipinski definition) is 10. The van der Waals surface area contributed by atoms with E-state index < -0.39 is 21.9 Å². The lowest BCUT2D eigenvalue weighted by atomic mass is 9.77. The molecule has 2 saturated carbocycles. The molecule has 5 atom stereocenters. The van der Waals surface area contributed by atoms with Crippen LogP contribution in [0.3, 0.4) is 0 Å². The molecule has 55 heavy (non-hydrogen) atoms. The number of pyridine rings is 1. The van der Waals surface area contributed by atoms with Crippen molar-refractivity contribution in [3.05, 3.63) is 47.1 Å². The van der Waals surface area contributed by atoms with Gasteiger partial charge < -0.3 is 32.3 Å². The Balaban J connectivity index is 0.907. The Morgan fingerprint density at radius 3 is 2.18 bits per heavy atom. The number of sulfonamides is 1. The number of carbonyl (C=O) groups excluding carboxylic acids is 2. The third-order valence-electron chi connectivity index (χ3n) is 12.8. The monoisotopic (exact) mass is 805 g/mol. The maximum Gasteiger partial charge on any atom is 0.276 e. The smallest absolute Gasteiger partial charge is 0.276 e. The lowest BCUT2D eigenvalue weighted by Crippen LogP contribution is -2.49. The number of amides is 2. The van der Waals surface area contributed by atoms with Gasteiger partial charge in [0, 0.05) is 93.4 Å². The summed E-state index contributed by atoms with van der Waals surface area (Å²) < 4.78 is 60.6. The number of nitrogens with two attached hydrogens (primary N) is 3. The molecule has 2 amide bonds. The number of piperazine rings is 1. The summed E-state index contributed by atoms with van der Waals surface area (Å²) >= 11 is 6.32. The van der Waals surface area contributed by atoms with E-state index in [9.17, 15) is 18.0 Å². The predicted octanol–water partition coefficient (Wildman–Crippen LogP) is 2.71. The van der Waals surface area contributed by atoms with Gasteiger partial charge in [-0.25, -0.2) is 22.2 Å². The minimum Gasteiger partial charge on any atom is -0.354 e. The standard InChI is InChI=1S/C38H54ClF2N9O4S/c39-34-15-28(16-35(46-34)47-11-13-49(14-12-47)55(53,54)33-9-7-31(8-10-33)50-23-29(44)17-36(50)51)38(40,41)27-3-1-24(2-4-27)37(52)45-30-5-6-32(18-30)48-21-25(19-42)26(20-43)22-48/h7-10,15-16,24-27,29-30,32H,1-6,11-14,17-23,42-44H2,(H,45,52)/t24-,25-,26+,27-,29-,30+,32-/m1/s1. The van der Waals surface area contributed by atoms with Crippen LogP contribution in [0, 0.1) is 23.7 Å². The highest BCUT2D eigenvalue weighted by Crippen LogP contribution is 2.46. The van der Waals surface area contributed by atoms with Crippen LogP contribution in [0.2, 0.25) is 5.15 Å². The number of rotatable bonds is 11. The molecule has 3 aliphatic heterocycles. The van der Waals surface area contributed by atoms with Gasteiger partial charge in [-0.05, 0) is 106 Å². The number of aromatic nitrogens is 1. The molecule has 7 rings (SSSR count). The fourth-order valence-electron chi connectivity index (χ4n) is 9.43. The molecule has 0 radical (unpaired) electrons. The van der Waals surface area contributed by atoms with Crippen LogP contribution in [0.5, 0.6) is 0 Å². The molecule has 0 unspecified atom stereocenters. The van der Waals surface area contributed by atoms with E-state index in [0.29, 0.717) is 56.0 Å². The summed E-state index contributed by atoms with van der Waals surface area (Å²) in [6, 6.07) is 8.98. The van der Waals surface area contributed by atoms with Crippen molar-refractivity contribution in [2.45, 2.75) is 80.3 Å². The van der Waals surface area contributed by atoms with Gasteiger partial charge >= 0.3 is 0 Å². The van der Waals surface area contributed by atoms with Gasteiger partial charge in [0.1, 0.15) is 11.0 Å². The number of benzene rings is 1. The summed E-state index contributed by atoms with van der Waals surface area (Å²) in [5.74, 6) is -3.48. The van der Waals surface area contributed by atoms with Gasteiger partial charge in [0.25, 0.3) is 5.92 Å². The number of nitrogens with zero attached hydrogens (tertiary/aromatic N) is 5. The highest BCUT2D eigenvalue weighted by atomic mass is 35.5. The molecular weight excluding hydrogens is 752 g/mol. The van der Waals surface area contributed by atoms with Gasteiger partial charge in [-0.2, -0.15) is 4.31 Å². The lowest BCUT2D eigenvalue weighted by molar-refractivity contribution is -0.129. The Labute approximate surface area is 327 Å². The summed E-state index contributed by atoms with van der Waals surface area (Å²) in [6.45, 7) is 4.26. The molecule has 3 saturated heterocycles. The molecule has 1 aromatic carbocycles. The van der Waals surface area contributed by atoms with Crippen LogP contribution >= 0.6 is 11.6 Å². The fraction of sp³-hybridized carbons (Fsp3) is 0.658. The molecule has 7 N–H and O–H groups in total. The van der Waals surface area contributed by atoms with Crippen LogP contribution in [0.1, 0.15) is 56.9 Å². The molecule has 17 heteroatoms. The molecule has 1 aromatic heterocycles. The topological polar surface area (TPSA) is 184 Å². The van der Waals surface area contributed by atoms with E-state index in [1.807, 2.05) is 0 Å². The van der Waals surface area contributed by atoms with Crippen molar-refractivity contribution in [1.82, 2.24) is 19.5 Å². The third-order valence-corrected chi connectivity index (χ3v) is 14.9. The molecule has 2 aromatic rings. The van der Waals surface area contributed by atoms with E-state index in [-0.39, 0.29) is 96.7 Å². The second kappa shape index (κ2) is 16.5. The van der Waals surface area contributed by atoms with Crippen LogP contribution in [0.4, 0.5) is 20.3 Å². The Kier molecular flexibility index (Phi) is 12.0. The lowest BCUT2D eigenvalue weighted by Gasteiger charge is -2.36. The van der Waals surface area contributed by atoms with Crippen molar-refractivity contribution in [3.63, 3.8) is 0 Å². The zero-order valence-corrected chi connectivity index (χ0v) is 32.7. The minimum absolute atomic E-state index is 0.0373. The summed E-state index contributed by atoms with van der Waals surface area (Å²) in [5.41, 5.74) is 18.2. The molecule has 13 nitrogen and oxygen atoms in total. The van der Waals surface area contributed by atoms with Crippen LogP contribution in [-0.4, -0.2) is 111 Å². The van der Waals surface area contributed by atoms with Crippen LogP contribution in [0.15, 0.2) is 41.3 Å². The first-order chi connectivity index (χ1) is 26.3. The van der Waals surface area contributed by atoms with Gasteiger partial charge in [-0.3, -0.25) is 14.5 Å². The first-order valence-corrected chi connectivity index (χ1v) is 21.5. The SMILES string of the molecule is NC[C@@H]1CN([C@@H]2CC[C@H](NC(=O)[C@H]3CC[C@H](C(F)(F)c4cc(Cl)nc(N5CCN(S(=O)(=O)c6ccc(N7C[C@H](N)CC7=O)cc6)CC5)c4)CC3)C2)C[C@@H]1CN. The second-order valence-corrected chi connectivity index (χ2v) is 18.5. The highest BCUT2D eigenvalue weighted by molar-refractivity contribution is 7.89.